The van der Waals surface area contributed by atoms with Crippen LogP contribution in [0.5, 0.6) is 0 Å². The van der Waals surface area contributed by atoms with Crippen LogP contribution in [0.2, 0.25) is 0 Å². The van der Waals surface area contributed by atoms with Gasteiger partial charge in [0.2, 0.25) is 0 Å². The largest absolute Gasteiger partial charge is 0.497 e. The molecule has 2 heteroatoms. The fraction of sp³-hybridized carbons (Fsp3) is 0.143. The Morgan fingerprint density at radius 2 is 1.78 bits per heavy atom. The van der Waals surface area contributed by atoms with E-state index in [-0.39, 0.29) is 12.4 Å². The summed E-state index contributed by atoms with van der Waals surface area (Å²) in [4.78, 5) is 0. The van der Waals surface area contributed by atoms with Crippen molar-refractivity contribution in [1.82, 2.24) is 0 Å². The predicted molar refractivity (Wildman–Crippen MR) is 40.6 cm³/mol. The molecule has 50 valence electrons. The fourth-order valence-corrected chi connectivity index (χ4v) is 0.474. The Bertz CT molecular complexity index is 120. The number of rotatable bonds is 0. The minimum Gasteiger partial charge on any atom is -0.497 e. The first-order chi connectivity index (χ1) is 4.00. The lowest BCUT2D eigenvalue weighted by Gasteiger charge is -1.92. The average Bonchev–Trinajstić information content (AvgIpc) is 1.62. The molecule has 0 bridgehead atoms. The third kappa shape index (κ3) is 3.86. The van der Waals surface area contributed by atoms with Gasteiger partial charge in [-0.25, -0.2) is 0 Å². The summed E-state index contributed by atoms with van der Waals surface area (Å²) in [5.41, 5.74) is 0. The van der Waals surface area contributed by atoms with Crippen LogP contribution in [-0.2, 0) is 4.74 Å². The van der Waals surface area contributed by atoms with Crippen molar-refractivity contribution in [1.29, 1.82) is 0 Å². The Labute approximate surface area is 61.1 Å². The first kappa shape index (κ1) is 8.31. The molecular weight excluding hydrogens is 136 g/mol. The SMILES string of the molecule is C1=C\C=C/OC\C=C/1.Cl. The molecule has 0 N–H and O–H groups in total. The van der Waals surface area contributed by atoms with Gasteiger partial charge in [-0.15, -0.1) is 12.4 Å². The normalized spacial score (nSPS) is 25.8. The van der Waals surface area contributed by atoms with Gasteiger partial charge < -0.3 is 4.74 Å². The third-order valence-corrected chi connectivity index (χ3v) is 0.837. The lowest BCUT2D eigenvalue weighted by molar-refractivity contribution is 0.289. The number of hydrogen-bond acceptors (Lipinski definition) is 1. The molecule has 0 unspecified atom stereocenters. The Morgan fingerprint density at radius 1 is 1.00 bits per heavy atom. The maximum absolute atomic E-state index is 4.96. The molecule has 0 saturated heterocycles. The summed E-state index contributed by atoms with van der Waals surface area (Å²) in [7, 11) is 0. The van der Waals surface area contributed by atoms with Gasteiger partial charge >= 0.3 is 0 Å². The zero-order valence-corrected chi connectivity index (χ0v) is 5.80. The van der Waals surface area contributed by atoms with Crippen molar-refractivity contribution in [3.63, 3.8) is 0 Å². The van der Waals surface area contributed by atoms with Gasteiger partial charge in [0.1, 0.15) is 6.61 Å². The molecule has 0 radical (unpaired) electrons. The van der Waals surface area contributed by atoms with Crippen LogP contribution in [0.25, 0.3) is 0 Å². The molecule has 0 saturated carbocycles. The monoisotopic (exact) mass is 144 g/mol. The molecule has 0 atom stereocenters. The van der Waals surface area contributed by atoms with Crippen LogP contribution in [0.4, 0.5) is 0 Å². The van der Waals surface area contributed by atoms with Crippen LogP contribution in [0.3, 0.4) is 0 Å². The van der Waals surface area contributed by atoms with Crippen molar-refractivity contribution in [2.45, 2.75) is 0 Å². The predicted octanol–water partition coefficient (Wildman–Crippen LogP) is 2.06. The molecule has 0 fully saturated rings. The molecule has 1 aliphatic rings. The van der Waals surface area contributed by atoms with Crippen molar-refractivity contribution in [3.05, 3.63) is 36.6 Å². The molecule has 1 nitrogen and oxygen atoms in total. The number of allylic oxidation sites excluding steroid dienone is 4. The van der Waals surface area contributed by atoms with Crippen molar-refractivity contribution < 1.29 is 4.74 Å². The van der Waals surface area contributed by atoms with Gasteiger partial charge in [-0.3, -0.25) is 0 Å². The number of halogens is 1. The lowest BCUT2D eigenvalue weighted by Crippen LogP contribution is -1.80. The summed E-state index contributed by atoms with van der Waals surface area (Å²) < 4.78 is 4.96. The van der Waals surface area contributed by atoms with Gasteiger partial charge in [0.25, 0.3) is 0 Å². The van der Waals surface area contributed by atoms with Crippen LogP contribution < -0.4 is 0 Å². The van der Waals surface area contributed by atoms with E-state index in [0.29, 0.717) is 6.61 Å². The van der Waals surface area contributed by atoms with E-state index in [4.69, 9.17) is 4.74 Å². The highest BCUT2D eigenvalue weighted by atomic mass is 35.5. The second-order valence-corrected chi connectivity index (χ2v) is 1.47. The highest BCUT2D eigenvalue weighted by Crippen LogP contribution is 1.87. The smallest absolute Gasteiger partial charge is 0.106 e. The molecule has 1 rings (SSSR count). The molecule has 1 heterocycles. The van der Waals surface area contributed by atoms with Crippen LogP contribution in [0.15, 0.2) is 36.6 Å². The number of ether oxygens (including phenoxy) is 1. The highest BCUT2D eigenvalue weighted by Gasteiger charge is 1.73. The van der Waals surface area contributed by atoms with Crippen molar-refractivity contribution >= 4 is 12.4 Å². The molecule has 0 aromatic rings. The Balaban J connectivity index is 0.000000640. The van der Waals surface area contributed by atoms with E-state index >= 15 is 0 Å². The third-order valence-electron chi connectivity index (χ3n) is 0.837. The van der Waals surface area contributed by atoms with Crippen molar-refractivity contribution in [2.75, 3.05) is 6.61 Å². The molecule has 0 aliphatic carbocycles. The summed E-state index contributed by atoms with van der Waals surface area (Å²) in [5, 5.41) is 0. The number of hydrogen-bond donors (Lipinski definition) is 0. The van der Waals surface area contributed by atoms with Crippen LogP contribution in [-0.4, -0.2) is 6.61 Å². The maximum Gasteiger partial charge on any atom is 0.106 e. The van der Waals surface area contributed by atoms with E-state index in [1.54, 1.807) is 6.26 Å². The Kier molecular flexibility index (Phi) is 5.03. The molecular formula is C7H9ClO. The van der Waals surface area contributed by atoms with E-state index in [0.717, 1.165) is 0 Å². The van der Waals surface area contributed by atoms with E-state index in [9.17, 15) is 0 Å². The molecule has 0 spiro atoms. The van der Waals surface area contributed by atoms with Gasteiger partial charge in [-0.05, 0) is 12.2 Å². The second-order valence-electron chi connectivity index (χ2n) is 1.47. The van der Waals surface area contributed by atoms with Crippen molar-refractivity contribution in [3.8, 4) is 0 Å². The first-order valence-electron chi connectivity index (χ1n) is 2.60. The van der Waals surface area contributed by atoms with Crippen LogP contribution in [0.1, 0.15) is 0 Å². The highest BCUT2D eigenvalue weighted by molar-refractivity contribution is 5.85. The summed E-state index contributed by atoms with van der Waals surface area (Å²) in [6.07, 6.45) is 11.4. The molecule has 1 aliphatic heterocycles. The fourth-order valence-electron chi connectivity index (χ4n) is 0.474. The quantitative estimate of drug-likeness (QED) is 0.506. The van der Waals surface area contributed by atoms with E-state index in [2.05, 4.69) is 0 Å². The first-order valence-corrected chi connectivity index (χ1v) is 2.60. The van der Waals surface area contributed by atoms with E-state index in [1.165, 1.54) is 0 Å². The zero-order chi connectivity index (χ0) is 5.66. The van der Waals surface area contributed by atoms with Crippen LogP contribution >= 0.6 is 12.4 Å². The zero-order valence-electron chi connectivity index (χ0n) is 4.99. The van der Waals surface area contributed by atoms with Gasteiger partial charge in [0.05, 0.1) is 6.26 Å². The van der Waals surface area contributed by atoms with Gasteiger partial charge in [-0.2, -0.15) is 0 Å². The Morgan fingerprint density at radius 3 is 2.67 bits per heavy atom. The molecule has 0 amide bonds. The lowest BCUT2D eigenvalue weighted by atomic mass is 10.4. The topological polar surface area (TPSA) is 9.23 Å². The summed E-state index contributed by atoms with van der Waals surface area (Å²) >= 11 is 0. The second kappa shape index (κ2) is 5.45. The Hall–Kier alpha value is -0.690. The summed E-state index contributed by atoms with van der Waals surface area (Å²) in [6, 6.07) is 0. The van der Waals surface area contributed by atoms with E-state index in [1.807, 2.05) is 30.4 Å². The average molecular weight is 145 g/mol. The summed E-state index contributed by atoms with van der Waals surface area (Å²) in [5.74, 6) is 0. The standard InChI is InChI=1S/C7H8O.ClH/c1-2-4-6-8-7-5-3-1;/h1-6H,7H2;1H/b2-1-,5-3-,6-4-;. The van der Waals surface area contributed by atoms with Crippen molar-refractivity contribution in [2.24, 2.45) is 0 Å². The maximum atomic E-state index is 4.96. The molecule has 9 heavy (non-hydrogen) atoms. The van der Waals surface area contributed by atoms with Crippen LogP contribution in [0, 0.1) is 0 Å². The van der Waals surface area contributed by atoms with Gasteiger partial charge in [0.15, 0.2) is 0 Å². The van der Waals surface area contributed by atoms with E-state index < -0.39 is 0 Å². The van der Waals surface area contributed by atoms with Gasteiger partial charge in [0, 0.05) is 0 Å². The molecule has 0 aromatic carbocycles. The minimum atomic E-state index is 0. The van der Waals surface area contributed by atoms with Gasteiger partial charge in [-0.1, -0.05) is 18.2 Å². The summed E-state index contributed by atoms with van der Waals surface area (Å²) in [6.45, 7) is 0.681. The minimum absolute atomic E-state index is 0. The molecule has 0 aromatic heterocycles.